The molecule has 2 unspecified atom stereocenters. The van der Waals surface area contributed by atoms with E-state index in [1.807, 2.05) is 31.2 Å². The average Bonchev–Trinajstić information content (AvgIpc) is 3.16. The molecule has 3 N–H and O–H groups in total. The molecule has 2 aromatic rings. The van der Waals surface area contributed by atoms with Gasteiger partial charge in [0.1, 0.15) is 5.69 Å². The number of benzene rings is 1. The summed E-state index contributed by atoms with van der Waals surface area (Å²) < 4.78 is 5.20. The number of carbonyl (C=O) groups is 1. The van der Waals surface area contributed by atoms with Crippen LogP contribution in [0.2, 0.25) is 0 Å². The molecule has 23 heavy (non-hydrogen) atoms. The Labute approximate surface area is 142 Å². The minimum absolute atomic E-state index is 0. The Morgan fingerprint density at radius 1 is 1.35 bits per heavy atom. The Bertz CT molecular complexity index is 654. The van der Waals surface area contributed by atoms with Gasteiger partial charge in [-0.05, 0) is 32.2 Å². The highest BCUT2D eigenvalue weighted by Crippen LogP contribution is 2.25. The van der Waals surface area contributed by atoms with E-state index in [0.717, 1.165) is 24.8 Å². The van der Waals surface area contributed by atoms with Crippen molar-refractivity contribution in [1.82, 2.24) is 10.5 Å². The first kappa shape index (κ1) is 17.5. The second-order valence-corrected chi connectivity index (χ2v) is 5.95. The number of nitrogens with one attached hydrogen (secondary N) is 1. The van der Waals surface area contributed by atoms with Crippen LogP contribution in [0.15, 0.2) is 34.9 Å². The lowest BCUT2D eigenvalue weighted by Crippen LogP contribution is -2.39. The van der Waals surface area contributed by atoms with Gasteiger partial charge in [0.2, 0.25) is 5.76 Å². The number of aryl methyl sites for hydroxylation is 1. The molecule has 124 valence electrons. The molecular formula is C17H22ClN3O2. The fourth-order valence-electron chi connectivity index (χ4n) is 2.99. The van der Waals surface area contributed by atoms with Crippen molar-refractivity contribution >= 4 is 18.3 Å². The van der Waals surface area contributed by atoms with Gasteiger partial charge in [-0.1, -0.05) is 41.4 Å². The van der Waals surface area contributed by atoms with E-state index >= 15 is 0 Å². The maximum atomic E-state index is 12.3. The second kappa shape index (κ2) is 7.62. The lowest BCUT2D eigenvalue weighted by Gasteiger charge is -2.18. The normalized spacial score (nSPS) is 20.1. The zero-order chi connectivity index (χ0) is 15.5. The third kappa shape index (κ3) is 3.92. The van der Waals surface area contributed by atoms with Crippen LogP contribution in [0.3, 0.4) is 0 Å². The van der Waals surface area contributed by atoms with Crippen LogP contribution < -0.4 is 11.1 Å². The highest BCUT2D eigenvalue weighted by atomic mass is 35.5. The molecule has 0 radical (unpaired) electrons. The molecule has 1 aromatic heterocycles. The lowest BCUT2D eigenvalue weighted by atomic mass is 10.0. The number of carbonyl (C=O) groups excluding carboxylic acids is 1. The van der Waals surface area contributed by atoms with Crippen LogP contribution in [0.4, 0.5) is 0 Å². The van der Waals surface area contributed by atoms with Gasteiger partial charge in [-0.3, -0.25) is 4.79 Å². The van der Waals surface area contributed by atoms with Crippen LogP contribution in [-0.4, -0.2) is 23.7 Å². The molecule has 1 fully saturated rings. The Balaban J connectivity index is 0.00000192. The van der Waals surface area contributed by atoms with Gasteiger partial charge in [-0.25, -0.2) is 0 Å². The molecule has 0 bridgehead atoms. The molecule has 5 nitrogen and oxygen atoms in total. The zero-order valence-corrected chi connectivity index (χ0v) is 13.9. The molecule has 1 aromatic carbocycles. The van der Waals surface area contributed by atoms with E-state index in [-0.39, 0.29) is 30.1 Å². The number of hydrogen-bond donors (Lipinski definition) is 2. The van der Waals surface area contributed by atoms with Gasteiger partial charge in [-0.2, -0.15) is 0 Å². The molecule has 0 spiro atoms. The second-order valence-electron chi connectivity index (χ2n) is 5.95. The molecule has 0 saturated heterocycles. The van der Waals surface area contributed by atoms with Crippen molar-refractivity contribution in [1.29, 1.82) is 0 Å². The number of aromatic nitrogens is 1. The molecule has 1 saturated carbocycles. The minimum Gasteiger partial charge on any atom is -0.350 e. The van der Waals surface area contributed by atoms with Crippen LogP contribution in [-0.2, 0) is 0 Å². The number of rotatable bonds is 4. The van der Waals surface area contributed by atoms with Gasteiger partial charge < -0.3 is 15.6 Å². The molecule has 1 amide bonds. The minimum atomic E-state index is -0.212. The largest absolute Gasteiger partial charge is 0.350 e. The molecule has 3 rings (SSSR count). The average molecular weight is 336 g/mol. The van der Waals surface area contributed by atoms with Crippen molar-refractivity contribution in [2.75, 3.05) is 6.54 Å². The van der Waals surface area contributed by atoms with E-state index in [1.54, 1.807) is 6.07 Å². The summed E-state index contributed by atoms with van der Waals surface area (Å²) in [6.07, 6.45) is 3.16. The quantitative estimate of drug-likeness (QED) is 0.900. The highest BCUT2D eigenvalue weighted by molar-refractivity contribution is 5.92. The predicted octanol–water partition coefficient (Wildman–Crippen LogP) is 2.93. The Morgan fingerprint density at radius 3 is 2.78 bits per heavy atom. The van der Waals surface area contributed by atoms with Gasteiger partial charge in [0, 0.05) is 17.7 Å². The van der Waals surface area contributed by atoms with Crippen molar-refractivity contribution in [2.45, 2.75) is 32.2 Å². The van der Waals surface area contributed by atoms with Crippen molar-refractivity contribution in [3.8, 4) is 11.3 Å². The maximum absolute atomic E-state index is 12.3. The summed E-state index contributed by atoms with van der Waals surface area (Å²) in [7, 11) is 0. The molecule has 0 aliphatic heterocycles. The standard InChI is InChI=1S/C17H21N3O2.ClH/c1-11-5-7-12(8-6-11)15-9-16(22-20-15)17(21)19-14-4-2-3-13(14)10-18;/h5-9,13-14H,2-4,10,18H2,1H3,(H,19,21);1H. The van der Waals surface area contributed by atoms with Crippen molar-refractivity contribution in [2.24, 2.45) is 11.7 Å². The monoisotopic (exact) mass is 335 g/mol. The topological polar surface area (TPSA) is 81.2 Å². The van der Waals surface area contributed by atoms with Crippen LogP contribution >= 0.6 is 12.4 Å². The van der Waals surface area contributed by atoms with Crippen LogP contribution in [0.25, 0.3) is 11.3 Å². The van der Waals surface area contributed by atoms with Gasteiger partial charge in [-0.15, -0.1) is 12.4 Å². The summed E-state index contributed by atoms with van der Waals surface area (Å²) in [4.78, 5) is 12.3. The van der Waals surface area contributed by atoms with Crippen LogP contribution in [0.1, 0.15) is 35.4 Å². The first-order valence-electron chi connectivity index (χ1n) is 7.72. The Hall–Kier alpha value is -1.85. The molecule has 1 aliphatic rings. The number of amides is 1. The number of hydrogen-bond acceptors (Lipinski definition) is 4. The van der Waals surface area contributed by atoms with Crippen molar-refractivity contribution in [3.05, 3.63) is 41.7 Å². The van der Waals surface area contributed by atoms with E-state index in [1.165, 1.54) is 5.56 Å². The van der Waals surface area contributed by atoms with Crippen molar-refractivity contribution in [3.63, 3.8) is 0 Å². The number of halogens is 1. The number of nitrogens with zero attached hydrogens (tertiary/aromatic N) is 1. The maximum Gasteiger partial charge on any atom is 0.290 e. The van der Waals surface area contributed by atoms with Gasteiger partial charge in [0.05, 0.1) is 0 Å². The Morgan fingerprint density at radius 2 is 2.09 bits per heavy atom. The molecule has 2 atom stereocenters. The molecule has 1 heterocycles. The molecule has 1 aliphatic carbocycles. The number of nitrogens with two attached hydrogens (primary N) is 1. The lowest BCUT2D eigenvalue weighted by molar-refractivity contribution is 0.0891. The Kier molecular flexibility index (Phi) is 5.80. The van der Waals surface area contributed by atoms with Crippen LogP contribution in [0, 0.1) is 12.8 Å². The summed E-state index contributed by atoms with van der Waals surface area (Å²) in [6.45, 7) is 2.64. The SMILES string of the molecule is Cc1ccc(-c2cc(C(=O)NC3CCCC3CN)on2)cc1.Cl. The van der Waals surface area contributed by atoms with Gasteiger partial charge in [0.25, 0.3) is 5.91 Å². The smallest absolute Gasteiger partial charge is 0.290 e. The van der Waals surface area contributed by atoms with E-state index < -0.39 is 0 Å². The third-order valence-electron chi connectivity index (χ3n) is 4.36. The van der Waals surface area contributed by atoms with E-state index in [2.05, 4.69) is 10.5 Å². The summed E-state index contributed by atoms with van der Waals surface area (Å²) in [5, 5.41) is 7.01. The summed E-state index contributed by atoms with van der Waals surface area (Å²) >= 11 is 0. The van der Waals surface area contributed by atoms with E-state index in [0.29, 0.717) is 18.2 Å². The summed E-state index contributed by atoms with van der Waals surface area (Å²) in [5.41, 5.74) is 8.54. The highest BCUT2D eigenvalue weighted by Gasteiger charge is 2.28. The van der Waals surface area contributed by atoms with Gasteiger partial charge in [0.15, 0.2) is 0 Å². The first-order valence-corrected chi connectivity index (χ1v) is 7.72. The van der Waals surface area contributed by atoms with E-state index in [9.17, 15) is 4.79 Å². The molecular weight excluding hydrogens is 314 g/mol. The fraction of sp³-hybridized carbons (Fsp3) is 0.412. The van der Waals surface area contributed by atoms with Crippen LogP contribution in [0.5, 0.6) is 0 Å². The summed E-state index contributed by atoms with van der Waals surface area (Å²) in [5.74, 6) is 0.401. The van der Waals surface area contributed by atoms with E-state index in [4.69, 9.17) is 10.3 Å². The zero-order valence-electron chi connectivity index (χ0n) is 13.1. The summed E-state index contributed by atoms with van der Waals surface area (Å²) in [6, 6.07) is 9.78. The van der Waals surface area contributed by atoms with Crippen molar-refractivity contribution < 1.29 is 9.32 Å². The van der Waals surface area contributed by atoms with Gasteiger partial charge >= 0.3 is 0 Å². The third-order valence-corrected chi connectivity index (χ3v) is 4.36. The fourth-order valence-corrected chi connectivity index (χ4v) is 2.99. The predicted molar refractivity (Wildman–Crippen MR) is 91.6 cm³/mol. The first-order chi connectivity index (χ1) is 10.7. The molecule has 6 heteroatoms.